The van der Waals surface area contributed by atoms with E-state index in [1.807, 2.05) is 0 Å². The van der Waals surface area contributed by atoms with Crippen molar-refractivity contribution in [3.63, 3.8) is 0 Å². The van der Waals surface area contributed by atoms with Crippen LogP contribution in [-0.2, 0) is 0 Å². The zero-order chi connectivity index (χ0) is 11.4. The molecule has 0 bridgehead atoms. The van der Waals surface area contributed by atoms with E-state index in [4.69, 9.17) is 11.1 Å². The van der Waals surface area contributed by atoms with Crippen molar-refractivity contribution in [3.8, 4) is 0 Å². The summed E-state index contributed by atoms with van der Waals surface area (Å²) in [5.74, 6) is 0. The molecule has 0 radical (unpaired) electrons. The van der Waals surface area contributed by atoms with Gasteiger partial charge in [-0.15, -0.1) is 0 Å². The summed E-state index contributed by atoms with van der Waals surface area (Å²) < 4.78 is 0. The standard InChI is InChI=1S/C13H24BrClSi/c14-11-16(15,12-7-3-1-4-8-12)13-9-5-2-6-10-13/h12-13H,1-11H2. The predicted molar refractivity (Wildman–Crippen MR) is 79.1 cm³/mol. The van der Waals surface area contributed by atoms with Crippen molar-refractivity contribution in [2.24, 2.45) is 0 Å². The number of hydrogen-bond donors (Lipinski definition) is 0. The molecule has 0 aliphatic heterocycles. The van der Waals surface area contributed by atoms with Gasteiger partial charge >= 0.3 is 0 Å². The highest BCUT2D eigenvalue weighted by Crippen LogP contribution is 2.50. The minimum absolute atomic E-state index is 0.908. The van der Waals surface area contributed by atoms with Gasteiger partial charge in [0.15, 0.2) is 7.38 Å². The fourth-order valence-corrected chi connectivity index (χ4v) is 11.6. The summed E-state index contributed by atoms with van der Waals surface area (Å²) in [6, 6.07) is 0. The normalized spacial score (nSPS) is 25.9. The lowest BCUT2D eigenvalue weighted by Crippen LogP contribution is -2.43. The topological polar surface area (TPSA) is 0 Å². The number of halogens is 2. The largest absolute Gasteiger partial charge is 0.172 e. The Kier molecular flexibility index (Phi) is 5.23. The first kappa shape index (κ1) is 13.4. The summed E-state index contributed by atoms with van der Waals surface area (Å²) >= 11 is 10.9. The summed E-state index contributed by atoms with van der Waals surface area (Å²) in [5.41, 5.74) is 1.82. The van der Waals surface area contributed by atoms with Gasteiger partial charge < -0.3 is 0 Å². The molecular formula is C13H24BrClSi. The summed E-state index contributed by atoms with van der Waals surface area (Å²) in [5, 5.41) is 0. The Bertz CT molecular complexity index is 192. The van der Waals surface area contributed by atoms with Crippen molar-refractivity contribution in [2.45, 2.75) is 75.3 Å². The Morgan fingerprint density at radius 2 is 1.19 bits per heavy atom. The lowest BCUT2D eigenvalue weighted by atomic mass is 9.99. The average Bonchev–Trinajstić information content (AvgIpc) is 2.40. The monoisotopic (exact) mass is 322 g/mol. The second-order valence-corrected chi connectivity index (χ2v) is 13.3. The molecule has 0 N–H and O–H groups in total. The first-order chi connectivity index (χ1) is 7.77. The number of alkyl halides is 1. The Morgan fingerprint density at radius 1 is 0.812 bits per heavy atom. The lowest BCUT2D eigenvalue weighted by Gasteiger charge is -2.42. The van der Waals surface area contributed by atoms with Crippen LogP contribution in [0.5, 0.6) is 0 Å². The van der Waals surface area contributed by atoms with Crippen molar-refractivity contribution >= 4 is 34.4 Å². The molecule has 2 rings (SSSR count). The molecule has 16 heavy (non-hydrogen) atoms. The van der Waals surface area contributed by atoms with Gasteiger partial charge in [0.25, 0.3) is 0 Å². The van der Waals surface area contributed by atoms with Crippen LogP contribution in [0.3, 0.4) is 0 Å². The summed E-state index contributed by atoms with van der Waals surface area (Å²) in [6.45, 7) is 0. The van der Waals surface area contributed by atoms with Crippen LogP contribution in [0.2, 0.25) is 11.1 Å². The van der Waals surface area contributed by atoms with E-state index in [2.05, 4.69) is 15.9 Å². The second-order valence-electron chi connectivity index (χ2n) is 5.73. The molecule has 94 valence electrons. The van der Waals surface area contributed by atoms with Crippen LogP contribution in [0.1, 0.15) is 64.2 Å². The first-order valence-corrected chi connectivity index (χ1v) is 11.5. The van der Waals surface area contributed by atoms with E-state index in [1.54, 1.807) is 0 Å². The zero-order valence-electron chi connectivity index (χ0n) is 10.2. The van der Waals surface area contributed by atoms with Crippen LogP contribution in [-0.4, -0.2) is 12.3 Å². The molecule has 0 aromatic rings. The third-order valence-electron chi connectivity index (χ3n) is 4.77. The molecular weight excluding hydrogens is 300 g/mol. The van der Waals surface area contributed by atoms with Crippen LogP contribution >= 0.6 is 27.0 Å². The van der Waals surface area contributed by atoms with Gasteiger partial charge in [0.2, 0.25) is 0 Å². The van der Waals surface area contributed by atoms with E-state index in [9.17, 15) is 0 Å². The third kappa shape index (κ3) is 2.87. The smallest absolute Gasteiger partial charge is 0.166 e. The molecule has 2 aliphatic rings. The van der Waals surface area contributed by atoms with Crippen LogP contribution in [0, 0.1) is 0 Å². The first-order valence-electron chi connectivity index (χ1n) is 7.02. The number of rotatable bonds is 3. The van der Waals surface area contributed by atoms with Crippen molar-refractivity contribution in [1.82, 2.24) is 0 Å². The summed E-state index contributed by atoms with van der Waals surface area (Å²) in [6.07, 6.45) is 14.4. The van der Waals surface area contributed by atoms with Gasteiger partial charge in [-0.25, -0.2) is 0 Å². The minimum atomic E-state index is -1.53. The highest BCUT2D eigenvalue weighted by molar-refractivity contribution is 9.09. The maximum absolute atomic E-state index is 7.17. The Morgan fingerprint density at radius 3 is 1.50 bits per heavy atom. The summed E-state index contributed by atoms with van der Waals surface area (Å²) in [4.78, 5) is 1.14. The average molecular weight is 324 g/mol. The second kappa shape index (κ2) is 6.24. The molecule has 0 aromatic carbocycles. The molecule has 3 heteroatoms. The summed E-state index contributed by atoms with van der Waals surface area (Å²) in [7, 11) is -1.53. The van der Waals surface area contributed by atoms with Crippen molar-refractivity contribution < 1.29 is 0 Å². The van der Waals surface area contributed by atoms with E-state index in [0.29, 0.717) is 0 Å². The molecule has 2 aliphatic carbocycles. The minimum Gasteiger partial charge on any atom is -0.166 e. The van der Waals surface area contributed by atoms with Crippen LogP contribution in [0.4, 0.5) is 0 Å². The lowest BCUT2D eigenvalue weighted by molar-refractivity contribution is 0.459. The SMILES string of the molecule is Cl[Si](CBr)(C1CCCCC1)C1CCCCC1. The van der Waals surface area contributed by atoms with E-state index in [0.717, 1.165) is 16.0 Å². The fraction of sp³-hybridized carbons (Fsp3) is 1.00. The molecule has 0 spiro atoms. The van der Waals surface area contributed by atoms with E-state index >= 15 is 0 Å². The maximum atomic E-state index is 7.17. The highest BCUT2D eigenvalue weighted by atomic mass is 79.9. The van der Waals surface area contributed by atoms with Gasteiger partial charge in [-0.2, -0.15) is 11.1 Å². The Labute approximate surface area is 114 Å². The van der Waals surface area contributed by atoms with Gasteiger partial charge in [-0.05, 0) is 11.1 Å². The Hall–Kier alpha value is 0.987. The van der Waals surface area contributed by atoms with Crippen molar-refractivity contribution in [1.29, 1.82) is 0 Å². The molecule has 0 atom stereocenters. The van der Waals surface area contributed by atoms with Crippen LogP contribution < -0.4 is 0 Å². The third-order valence-corrected chi connectivity index (χ3v) is 15.1. The highest BCUT2D eigenvalue weighted by Gasteiger charge is 2.45. The van der Waals surface area contributed by atoms with Gasteiger partial charge in [0.1, 0.15) is 0 Å². The van der Waals surface area contributed by atoms with E-state index in [1.165, 1.54) is 64.2 Å². The van der Waals surface area contributed by atoms with Crippen molar-refractivity contribution in [2.75, 3.05) is 4.95 Å². The number of hydrogen-bond acceptors (Lipinski definition) is 0. The van der Waals surface area contributed by atoms with Gasteiger partial charge in [0.05, 0.1) is 0 Å². The molecule has 2 fully saturated rings. The zero-order valence-corrected chi connectivity index (χ0v) is 13.5. The fourth-order valence-electron chi connectivity index (χ4n) is 3.72. The van der Waals surface area contributed by atoms with Crippen molar-refractivity contribution in [3.05, 3.63) is 0 Å². The van der Waals surface area contributed by atoms with Crippen LogP contribution in [0.15, 0.2) is 0 Å². The van der Waals surface area contributed by atoms with E-state index < -0.39 is 7.38 Å². The Balaban J connectivity index is 2.03. The molecule has 0 nitrogen and oxygen atoms in total. The predicted octanol–water partition coefficient (Wildman–Crippen LogP) is 5.77. The van der Waals surface area contributed by atoms with Gasteiger partial charge in [0, 0.05) is 4.95 Å². The molecule has 2 saturated carbocycles. The van der Waals surface area contributed by atoms with Crippen LogP contribution in [0.25, 0.3) is 0 Å². The van der Waals surface area contributed by atoms with Gasteiger partial charge in [-0.1, -0.05) is 80.1 Å². The van der Waals surface area contributed by atoms with E-state index in [-0.39, 0.29) is 0 Å². The molecule has 0 amide bonds. The molecule has 0 aromatic heterocycles. The molecule has 0 heterocycles. The maximum Gasteiger partial charge on any atom is 0.172 e. The quantitative estimate of drug-likeness (QED) is 0.351. The molecule has 0 saturated heterocycles. The van der Waals surface area contributed by atoms with Gasteiger partial charge in [-0.3, -0.25) is 0 Å². The molecule has 0 unspecified atom stereocenters.